The molecule has 1 N–H and O–H groups in total. The molecule has 0 saturated heterocycles. The average Bonchev–Trinajstić information content (AvgIpc) is 1.96. The van der Waals surface area contributed by atoms with E-state index in [-0.39, 0.29) is 11.6 Å². The van der Waals surface area contributed by atoms with Gasteiger partial charge in [0.05, 0.1) is 0 Å². The SMILES string of the molecule is CC(C)(C)OC(=O)NC1(CCS)CCC1. The van der Waals surface area contributed by atoms with Crippen molar-refractivity contribution >= 4 is 18.7 Å². The highest BCUT2D eigenvalue weighted by molar-refractivity contribution is 7.80. The molecule has 4 heteroatoms. The molecule has 0 aromatic heterocycles. The van der Waals surface area contributed by atoms with Crippen LogP contribution in [0.25, 0.3) is 0 Å². The van der Waals surface area contributed by atoms with Gasteiger partial charge in [-0.2, -0.15) is 12.6 Å². The maximum absolute atomic E-state index is 11.6. The lowest BCUT2D eigenvalue weighted by Gasteiger charge is -2.42. The molecule has 0 radical (unpaired) electrons. The van der Waals surface area contributed by atoms with Crippen molar-refractivity contribution in [2.75, 3.05) is 5.75 Å². The van der Waals surface area contributed by atoms with Crippen molar-refractivity contribution in [2.45, 2.75) is 57.6 Å². The predicted molar refractivity (Wildman–Crippen MR) is 64.4 cm³/mol. The first-order valence-electron chi connectivity index (χ1n) is 5.49. The Kier molecular flexibility index (Phi) is 3.93. The highest BCUT2D eigenvalue weighted by atomic mass is 32.1. The van der Waals surface area contributed by atoms with Crippen molar-refractivity contribution in [2.24, 2.45) is 0 Å². The number of ether oxygens (including phenoxy) is 1. The fraction of sp³-hybridized carbons (Fsp3) is 0.909. The summed E-state index contributed by atoms with van der Waals surface area (Å²) < 4.78 is 5.24. The minimum atomic E-state index is -0.421. The van der Waals surface area contributed by atoms with Gasteiger partial charge in [-0.1, -0.05) is 0 Å². The van der Waals surface area contributed by atoms with Crippen molar-refractivity contribution < 1.29 is 9.53 Å². The molecule has 0 spiro atoms. The van der Waals surface area contributed by atoms with Crippen molar-refractivity contribution in [3.8, 4) is 0 Å². The highest BCUT2D eigenvalue weighted by Gasteiger charge is 2.38. The molecule has 1 amide bonds. The highest BCUT2D eigenvalue weighted by Crippen LogP contribution is 2.35. The van der Waals surface area contributed by atoms with Crippen LogP contribution in [0.15, 0.2) is 0 Å². The van der Waals surface area contributed by atoms with Gasteiger partial charge in [0.1, 0.15) is 5.60 Å². The van der Waals surface area contributed by atoms with Crippen LogP contribution in [-0.2, 0) is 4.74 Å². The number of alkyl carbamates (subject to hydrolysis) is 1. The van der Waals surface area contributed by atoms with E-state index in [1.807, 2.05) is 20.8 Å². The van der Waals surface area contributed by atoms with Gasteiger partial charge in [-0.15, -0.1) is 0 Å². The zero-order valence-corrected chi connectivity index (χ0v) is 10.7. The van der Waals surface area contributed by atoms with Crippen LogP contribution in [0.2, 0.25) is 0 Å². The maximum atomic E-state index is 11.6. The maximum Gasteiger partial charge on any atom is 0.408 e. The second kappa shape index (κ2) is 4.64. The molecule has 15 heavy (non-hydrogen) atoms. The van der Waals surface area contributed by atoms with Gasteiger partial charge < -0.3 is 10.1 Å². The van der Waals surface area contributed by atoms with Gasteiger partial charge in [-0.25, -0.2) is 4.79 Å². The van der Waals surface area contributed by atoms with Crippen LogP contribution < -0.4 is 5.32 Å². The van der Waals surface area contributed by atoms with Crippen LogP contribution in [0.5, 0.6) is 0 Å². The normalized spacial score (nSPS) is 19.2. The van der Waals surface area contributed by atoms with E-state index in [1.54, 1.807) is 0 Å². The van der Waals surface area contributed by atoms with Crippen molar-refractivity contribution in [1.82, 2.24) is 5.32 Å². The summed E-state index contributed by atoms with van der Waals surface area (Å²) in [5.74, 6) is 0.801. The number of carbonyl (C=O) groups excluding carboxylic acids is 1. The van der Waals surface area contributed by atoms with Gasteiger partial charge in [0.25, 0.3) is 0 Å². The number of thiol groups is 1. The van der Waals surface area contributed by atoms with Crippen LogP contribution in [0.4, 0.5) is 4.79 Å². The topological polar surface area (TPSA) is 38.3 Å². The van der Waals surface area contributed by atoms with Gasteiger partial charge in [-0.3, -0.25) is 0 Å². The van der Waals surface area contributed by atoms with E-state index in [9.17, 15) is 4.79 Å². The second-order valence-electron chi connectivity index (χ2n) is 5.23. The number of carbonyl (C=O) groups is 1. The summed E-state index contributed by atoms with van der Waals surface area (Å²) in [6, 6.07) is 0. The van der Waals surface area contributed by atoms with E-state index >= 15 is 0 Å². The number of hydrogen-bond acceptors (Lipinski definition) is 3. The zero-order valence-electron chi connectivity index (χ0n) is 9.80. The van der Waals surface area contributed by atoms with Gasteiger partial charge in [0.15, 0.2) is 0 Å². The van der Waals surface area contributed by atoms with Crippen LogP contribution in [0.3, 0.4) is 0 Å². The van der Waals surface area contributed by atoms with Crippen molar-refractivity contribution in [3.63, 3.8) is 0 Å². The zero-order chi connectivity index (χ0) is 11.5. The molecule has 3 nitrogen and oxygen atoms in total. The molecule has 0 aromatic carbocycles. The van der Waals surface area contributed by atoms with Crippen LogP contribution in [-0.4, -0.2) is 23.0 Å². The Hall–Kier alpha value is -0.380. The predicted octanol–water partition coefficient (Wildman–Crippen LogP) is 2.75. The van der Waals surface area contributed by atoms with E-state index in [4.69, 9.17) is 4.74 Å². The van der Waals surface area contributed by atoms with E-state index < -0.39 is 5.60 Å². The number of hydrogen-bond donors (Lipinski definition) is 2. The summed E-state index contributed by atoms with van der Waals surface area (Å²) in [4.78, 5) is 11.6. The minimum absolute atomic E-state index is 0.0376. The monoisotopic (exact) mass is 231 g/mol. The first-order chi connectivity index (χ1) is 6.87. The Morgan fingerprint density at radius 3 is 2.40 bits per heavy atom. The third-order valence-corrected chi connectivity index (χ3v) is 2.89. The molecular formula is C11H21NO2S. The molecule has 1 rings (SSSR count). The van der Waals surface area contributed by atoms with E-state index in [0.717, 1.165) is 25.0 Å². The minimum Gasteiger partial charge on any atom is -0.444 e. The molecule has 1 saturated carbocycles. The summed E-state index contributed by atoms with van der Waals surface area (Å²) in [5, 5.41) is 2.98. The van der Waals surface area contributed by atoms with E-state index in [1.165, 1.54) is 6.42 Å². The number of amides is 1. The standard InChI is InChI=1S/C11H21NO2S/c1-10(2,3)14-9(13)12-11(7-8-15)5-4-6-11/h15H,4-8H2,1-3H3,(H,12,13). The molecule has 88 valence electrons. The smallest absolute Gasteiger partial charge is 0.408 e. The Balaban J connectivity index is 2.42. The molecule has 0 aromatic rings. The molecule has 1 aliphatic carbocycles. The summed E-state index contributed by atoms with van der Waals surface area (Å²) in [6.07, 6.45) is 3.91. The van der Waals surface area contributed by atoms with Gasteiger partial charge in [0, 0.05) is 5.54 Å². The summed E-state index contributed by atoms with van der Waals surface area (Å²) in [6.45, 7) is 5.62. The first-order valence-corrected chi connectivity index (χ1v) is 6.12. The molecule has 0 atom stereocenters. The van der Waals surface area contributed by atoms with Crippen LogP contribution >= 0.6 is 12.6 Å². The molecule has 0 aliphatic heterocycles. The average molecular weight is 231 g/mol. The largest absolute Gasteiger partial charge is 0.444 e. The van der Waals surface area contributed by atoms with E-state index in [0.29, 0.717) is 0 Å². The Bertz CT molecular complexity index is 231. The summed E-state index contributed by atoms with van der Waals surface area (Å²) in [5.41, 5.74) is -0.458. The molecule has 0 heterocycles. The summed E-state index contributed by atoms with van der Waals surface area (Å²) >= 11 is 4.22. The van der Waals surface area contributed by atoms with Gasteiger partial charge >= 0.3 is 6.09 Å². The summed E-state index contributed by atoms with van der Waals surface area (Å²) in [7, 11) is 0. The fourth-order valence-corrected chi connectivity index (χ4v) is 2.20. The molecule has 1 fully saturated rings. The van der Waals surface area contributed by atoms with Crippen LogP contribution in [0.1, 0.15) is 46.5 Å². The second-order valence-corrected chi connectivity index (χ2v) is 5.68. The van der Waals surface area contributed by atoms with Crippen LogP contribution in [0, 0.1) is 0 Å². The lowest BCUT2D eigenvalue weighted by atomic mass is 9.75. The van der Waals surface area contributed by atoms with Crippen molar-refractivity contribution in [1.29, 1.82) is 0 Å². The first kappa shape index (κ1) is 12.7. The third-order valence-electron chi connectivity index (χ3n) is 2.67. The third kappa shape index (κ3) is 3.93. The molecule has 1 aliphatic rings. The molecule has 0 bridgehead atoms. The van der Waals surface area contributed by atoms with Crippen molar-refractivity contribution in [3.05, 3.63) is 0 Å². The number of rotatable bonds is 3. The van der Waals surface area contributed by atoms with Gasteiger partial charge in [0.2, 0.25) is 0 Å². The quantitative estimate of drug-likeness (QED) is 0.733. The molecule has 0 unspecified atom stereocenters. The number of nitrogens with one attached hydrogen (secondary N) is 1. The Morgan fingerprint density at radius 1 is 1.47 bits per heavy atom. The Morgan fingerprint density at radius 2 is 2.07 bits per heavy atom. The molecular weight excluding hydrogens is 210 g/mol. The lowest BCUT2D eigenvalue weighted by molar-refractivity contribution is 0.0379. The fourth-order valence-electron chi connectivity index (χ4n) is 1.78. The lowest BCUT2D eigenvalue weighted by Crippen LogP contribution is -2.54. The Labute approximate surface area is 97.4 Å². The van der Waals surface area contributed by atoms with Gasteiger partial charge in [-0.05, 0) is 52.2 Å². The van der Waals surface area contributed by atoms with E-state index in [2.05, 4.69) is 17.9 Å².